The molecule has 0 fully saturated rings. The van der Waals surface area contributed by atoms with Crippen LogP contribution in [0.2, 0.25) is 0 Å². The van der Waals surface area contributed by atoms with Gasteiger partial charge < -0.3 is 9.64 Å². The zero-order valence-corrected chi connectivity index (χ0v) is 16.5. The van der Waals surface area contributed by atoms with Crippen LogP contribution in [0.25, 0.3) is 10.9 Å². The molecule has 0 aliphatic carbocycles. The number of hydrogen-bond acceptors (Lipinski definition) is 5. The minimum Gasteiger partial charge on any atom is -0.497 e. The summed E-state index contributed by atoms with van der Waals surface area (Å²) in [6.45, 7) is 4.03. The number of ether oxygens (including phenoxy) is 1. The van der Waals surface area contributed by atoms with Crippen molar-refractivity contribution >= 4 is 22.4 Å². The highest BCUT2D eigenvalue weighted by Gasteiger charge is 2.22. The fourth-order valence-corrected chi connectivity index (χ4v) is 3.35. The first-order chi connectivity index (χ1) is 14.1. The van der Waals surface area contributed by atoms with Crippen LogP contribution in [0.1, 0.15) is 24.2 Å². The summed E-state index contributed by atoms with van der Waals surface area (Å²) in [5, 5.41) is 0.879. The lowest BCUT2D eigenvalue weighted by Crippen LogP contribution is -2.23. The monoisotopic (exact) mass is 388 g/mol. The summed E-state index contributed by atoms with van der Waals surface area (Å²) in [4.78, 5) is 15.5. The van der Waals surface area contributed by atoms with Gasteiger partial charge in [-0.05, 0) is 61.9 Å². The van der Waals surface area contributed by atoms with Gasteiger partial charge in [0.05, 0.1) is 18.7 Å². The van der Waals surface area contributed by atoms with Crippen molar-refractivity contribution in [3.05, 3.63) is 84.2 Å². The Balaban J connectivity index is 1.89. The highest BCUT2D eigenvalue weighted by atomic mass is 19.1. The molecule has 4 aromatic rings. The van der Waals surface area contributed by atoms with E-state index in [9.17, 15) is 4.39 Å². The van der Waals surface area contributed by atoms with E-state index in [1.54, 1.807) is 19.2 Å². The van der Waals surface area contributed by atoms with Crippen molar-refractivity contribution in [3.8, 4) is 5.75 Å². The van der Waals surface area contributed by atoms with Crippen LogP contribution in [-0.2, 0) is 0 Å². The van der Waals surface area contributed by atoms with Gasteiger partial charge in [-0.15, -0.1) is 0 Å². The van der Waals surface area contributed by atoms with E-state index in [0.717, 1.165) is 39.4 Å². The zero-order valence-electron chi connectivity index (χ0n) is 16.5. The highest BCUT2D eigenvalue weighted by molar-refractivity contribution is 5.92. The van der Waals surface area contributed by atoms with E-state index in [4.69, 9.17) is 4.74 Å². The topological polar surface area (TPSA) is 51.1 Å². The molecule has 29 heavy (non-hydrogen) atoms. The number of aryl methyl sites for hydroxylation is 1. The molecule has 1 atom stereocenters. The van der Waals surface area contributed by atoms with Crippen LogP contribution in [0, 0.1) is 12.7 Å². The largest absolute Gasteiger partial charge is 0.497 e. The second-order valence-corrected chi connectivity index (χ2v) is 6.84. The number of nitrogens with zero attached hydrogens (tertiary/aromatic N) is 4. The first-order valence-corrected chi connectivity index (χ1v) is 9.33. The standard InChI is InChI=1S/C23H21FN4O/c1-15-4-5-17(13-25-15)16(2)28(19-8-6-18(24)7-9-19)23-21-11-10-20(29-3)12-22(21)26-14-27-23/h4-14,16H,1-3H3. The van der Waals surface area contributed by atoms with Crippen LogP contribution in [0.15, 0.2) is 67.1 Å². The summed E-state index contributed by atoms with van der Waals surface area (Å²) >= 11 is 0. The van der Waals surface area contributed by atoms with Crippen molar-refractivity contribution < 1.29 is 9.13 Å². The molecule has 0 aliphatic heterocycles. The molecule has 0 aliphatic rings. The van der Waals surface area contributed by atoms with E-state index in [1.807, 2.05) is 37.4 Å². The number of methoxy groups -OCH3 is 1. The maximum Gasteiger partial charge on any atom is 0.144 e. The number of aromatic nitrogens is 3. The lowest BCUT2D eigenvalue weighted by atomic mass is 10.1. The number of benzene rings is 2. The molecule has 0 saturated carbocycles. The predicted octanol–water partition coefficient (Wildman–Crippen LogP) is 5.38. The second kappa shape index (κ2) is 7.83. The maximum absolute atomic E-state index is 13.6. The quantitative estimate of drug-likeness (QED) is 0.459. The third-order valence-electron chi connectivity index (χ3n) is 4.96. The lowest BCUT2D eigenvalue weighted by molar-refractivity contribution is 0.415. The van der Waals surface area contributed by atoms with Crippen molar-refractivity contribution in [2.45, 2.75) is 19.9 Å². The molecule has 146 valence electrons. The zero-order chi connectivity index (χ0) is 20.4. The molecule has 4 rings (SSSR count). The molecular formula is C23H21FN4O. The fraction of sp³-hybridized carbons (Fsp3) is 0.174. The van der Waals surface area contributed by atoms with Gasteiger partial charge in [-0.3, -0.25) is 4.98 Å². The van der Waals surface area contributed by atoms with Crippen LogP contribution in [-0.4, -0.2) is 22.1 Å². The first kappa shape index (κ1) is 18.8. The van der Waals surface area contributed by atoms with Gasteiger partial charge in [0.2, 0.25) is 0 Å². The van der Waals surface area contributed by atoms with Gasteiger partial charge in [0.25, 0.3) is 0 Å². The Bertz CT molecular complexity index is 1130. The molecule has 5 nitrogen and oxygen atoms in total. The molecule has 0 N–H and O–H groups in total. The summed E-state index contributed by atoms with van der Waals surface area (Å²) in [5.41, 5.74) is 3.58. The fourth-order valence-electron chi connectivity index (χ4n) is 3.35. The molecule has 2 aromatic carbocycles. The van der Waals surface area contributed by atoms with Crippen molar-refractivity contribution in [2.24, 2.45) is 0 Å². The van der Waals surface area contributed by atoms with Crippen molar-refractivity contribution in [1.29, 1.82) is 0 Å². The Morgan fingerprint density at radius 2 is 1.76 bits per heavy atom. The second-order valence-electron chi connectivity index (χ2n) is 6.84. The van der Waals surface area contributed by atoms with E-state index < -0.39 is 0 Å². The molecule has 0 saturated heterocycles. The maximum atomic E-state index is 13.6. The number of anilines is 2. The minimum absolute atomic E-state index is 0.0891. The number of hydrogen-bond donors (Lipinski definition) is 0. The highest BCUT2D eigenvalue weighted by Crippen LogP contribution is 2.37. The average molecular weight is 388 g/mol. The Labute approximate surface area is 168 Å². The van der Waals surface area contributed by atoms with E-state index in [0.29, 0.717) is 0 Å². The molecular weight excluding hydrogens is 367 g/mol. The van der Waals surface area contributed by atoms with Crippen molar-refractivity contribution in [2.75, 3.05) is 12.0 Å². The Hall–Kier alpha value is -3.54. The van der Waals surface area contributed by atoms with Gasteiger partial charge in [-0.1, -0.05) is 6.07 Å². The van der Waals surface area contributed by atoms with Gasteiger partial charge in [0, 0.05) is 29.0 Å². The average Bonchev–Trinajstić information content (AvgIpc) is 2.75. The van der Waals surface area contributed by atoms with Crippen LogP contribution in [0.5, 0.6) is 5.75 Å². The minimum atomic E-state index is -0.282. The molecule has 0 radical (unpaired) electrons. The summed E-state index contributed by atoms with van der Waals surface area (Å²) in [6, 6.07) is 16.1. The van der Waals surface area contributed by atoms with E-state index >= 15 is 0 Å². The van der Waals surface area contributed by atoms with Crippen LogP contribution in [0.4, 0.5) is 15.9 Å². The van der Waals surface area contributed by atoms with Crippen molar-refractivity contribution in [3.63, 3.8) is 0 Å². The molecule has 0 spiro atoms. The van der Waals surface area contributed by atoms with Crippen molar-refractivity contribution in [1.82, 2.24) is 15.0 Å². The van der Waals surface area contributed by atoms with Crippen LogP contribution in [0.3, 0.4) is 0 Å². The predicted molar refractivity (Wildman–Crippen MR) is 112 cm³/mol. The van der Waals surface area contributed by atoms with Crippen LogP contribution < -0.4 is 9.64 Å². The van der Waals surface area contributed by atoms with E-state index in [-0.39, 0.29) is 11.9 Å². The summed E-state index contributed by atoms with van der Waals surface area (Å²) < 4.78 is 18.9. The van der Waals surface area contributed by atoms with E-state index in [1.165, 1.54) is 18.5 Å². The van der Waals surface area contributed by atoms with Gasteiger partial charge in [-0.2, -0.15) is 0 Å². The number of fused-ring (bicyclic) bond motifs is 1. The summed E-state index contributed by atoms with van der Waals surface area (Å²) in [7, 11) is 1.63. The van der Waals surface area contributed by atoms with Crippen LogP contribution >= 0.6 is 0 Å². The Kier molecular flexibility index (Phi) is 5.08. The summed E-state index contributed by atoms with van der Waals surface area (Å²) in [5.74, 6) is 1.18. The molecule has 2 heterocycles. The van der Waals surface area contributed by atoms with Gasteiger partial charge in [0.1, 0.15) is 23.7 Å². The molecule has 0 amide bonds. The number of halogens is 1. The molecule has 2 aromatic heterocycles. The van der Waals surface area contributed by atoms with E-state index in [2.05, 4.69) is 32.8 Å². The normalized spacial score (nSPS) is 12.0. The number of pyridine rings is 1. The summed E-state index contributed by atoms with van der Waals surface area (Å²) in [6.07, 6.45) is 3.40. The Morgan fingerprint density at radius 1 is 0.966 bits per heavy atom. The van der Waals surface area contributed by atoms with Gasteiger partial charge in [-0.25, -0.2) is 14.4 Å². The molecule has 6 heteroatoms. The molecule has 1 unspecified atom stereocenters. The lowest BCUT2D eigenvalue weighted by Gasteiger charge is -2.31. The van der Waals surface area contributed by atoms with Gasteiger partial charge >= 0.3 is 0 Å². The smallest absolute Gasteiger partial charge is 0.144 e. The molecule has 0 bridgehead atoms. The third kappa shape index (κ3) is 3.74. The number of rotatable bonds is 5. The first-order valence-electron chi connectivity index (χ1n) is 9.33. The van der Waals surface area contributed by atoms with Gasteiger partial charge in [0.15, 0.2) is 0 Å². The Morgan fingerprint density at radius 3 is 2.45 bits per heavy atom. The third-order valence-corrected chi connectivity index (χ3v) is 4.96. The SMILES string of the molecule is COc1ccc2c(N(c3ccc(F)cc3)C(C)c3ccc(C)nc3)ncnc2c1.